The number of aromatic nitrogens is 5. The number of halogens is 1. The van der Waals surface area contributed by atoms with Crippen molar-refractivity contribution < 1.29 is 4.39 Å². The third-order valence-corrected chi connectivity index (χ3v) is 4.05. The van der Waals surface area contributed by atoms with Crippen molar-refractivity contribution in [2.45, 2.75) is 6.92 Å². The van der Waals surface area contributed by atoms with Gasteiger partial charge in [-0.25, -0.2) is 18.4 Å². The smallest absolute Gasteiger partial charge is 0.302 e. The SMILES string of the molecule is CC=Cc1cc(F)cc(-n2c(=O)c(-c3c[nH]n(C)c(=O)c3=O)nn(C)c2=O)c1. The summed E-state index contributed by atoms with van der Waals surface area (Å²) in [6, 6.07) is 3.71. The molecule has 0 radical (unpaired) electrons. The molecule has 10 heteroatoms. The molecule has 2 heterocycles. The number of rotatable bonds is 3. The Balaban J connectivity index is 2.40. The summed E-state index contributed by atoms with van der Waals surface area (Å²) in [6.45, 7) is 1.74. The van der Waals surface area contributed by atoms with E-state index in [9.17, 15) is 23.6 Å². The van der Waals surface area contributed by atoms with Crippen LogP contribution in [0.15, 0.2) is 49.7 Å². The van der Waals surface area contributed by atoms with Crippen LogP contribution in [0.2, 0.25) is 0 Å². The summed E-state index contributed by atoms with van der Waals surface area (Å²) in [7, 11) is 2.62. The molecule has 2 aromatic heterocycles. The molecule has 0 aliphatic carbocycles. The number of nitrogens with one attached hydrogen (secondary N) is 1. The third kappa shape index (κ3) is 3.15. The van der Waals surface area contributed by atoms with Crippen LogP contribution in [0.4, 0.5) is 4.39 Å². The molecule has 0 saturated carbocycles. The van der Waals surface area contributed by atoms with Gasteiger partial charge in [0.2, 0.25) is 0 Å². The highest BCUT2D eigenvalue weighted by Crippen LogP contribution is 2.13. The molecule has 0 bridgehead atoms. The van der Waals surface area contributed by atoms with Crippen LogP contribution < -0.4 is 22.2 Å². The number of nitrogens with zero attached hydrogens (tertiary/aromatic N) is 4. The number of hydrogen-bond donors (Lipinski definition) is 1. The second-order valence-electron chi connectivity index (χ2n) is 6.02. The summed E-state index contributed by atoms with van der Waals surface area (Å²) in [5.74, 6) is -0.649. The minimum atomic E-state index is -0.954. The molecule has 3 aromatic rings. The van der Waals surface area contributed by atoms with E-state index in [0.717, 1.165) is 21.6 Å². The Bertz CT molecular complexity index is 1340. The molecule has 0 atom stereocenters. The van der Waals surface area contributed by atoms with Crippen molar-refractivity contribution in [3.05, 3.63) is 83.3 Å². The zero-order valence-electron chi connectivity index (χ0n) is 15.3. The lowest BCUT2D eigenvalue weighted by atomic mass is 10.1. The quantitative estimate of drug-likeness (QED) is 0.646. The summed E-state index contributed by atoms with van der Waals surface area (Å²) < 4.78 is 16.5. The average molecular weight is 385 g/mol. The van der Waals surface area contributed by atoms with Crippen molar-refractivity contribution in [2.75, 3.05) is 0 Å². The lowest BCUT2D eigenvalue weighted by Crippen LogP contribution is -2.42. The Morgan fingerprint density at radius 1 is 1.07 bits per heavy atom. The van der Waals surface area contributed by atoms with Gasteiger partial charge >= 0.3 is 11.2 Å². The molecule has 0 fully saturated rings. The van der Waals surface area contributed by atoms with E-state index in [-0.39, 0.29) is 11.3 Å². The van der Waals surface area contributed by atoms with Crippen LogP contribution in [0.1, 0.15) is 12.5 Å². The van der Waals surface area contributed by atoms with E-state index in [0.29, 0.717) is 10.1 Å². The Hall–Kier alpha value is -3.82. The minimum absolute atomic E-state index is 0.0254. The molecular formula is C18H16FN5O4. The first kappa shape index (κ1) is 19.0. The van der Waals surface area contributed by atoms with Gasteiger partial charge in [0, 0.05) is 20.3 Å². The number of aryl methyl sites for hydroxylation is 2. The van der Waals surface area contributed by atoms with E-state index < -0.39 is 33.7 Å². The third-order valence-electron chi connectivity index (χ3n) is 4.05. The van der Waals surface area contributed by atoms with Crippen LogP contribution in [-0.4, -0.2) is 24.1 Å². The highest BCUT2D eigenvalue weighted by Gasteiger charge is 2.19. The van der Waals surface area contributed by atoms with Gasteiger partial charge in [-0.2, -0.15) is 5.10 Å². The van der Waals surface area contributed by atoms with Gasteiger partial charge in [-0.3, -0.25) is 19.1 Å². The van der Waals surface area contributed by atoms with Gasteiger partial charge in [-0.15, -0.1) is 0 Å². The van der Waals surface area contributed by atoms with Crippen molar-refractivity contribution in [3.63, 3.8) is 0 Å². The topological polar surface area (TPSA) is 112 Å². The molecule has 3 rings (SSSR count). The first-order valence-electron chi connectivity index (χ1n) is 8.17. The molecule has 28 heavy (non-hydrogen) atoms. The molecule has 0 spiro atoms. The summed E-state index contributed by atoms with van der Waals surface area (Å²) in [6.07, 6.45) is 4.44. The van der Waals surface area contributed by atoms with Gasteiger partial charge in [-0.1, -0.05) is 12.2 Å². The van der Waals surface area contributed by atoms with E-state index in [1.807, 2.05) is 0 Å². The van der Waals surface area contributed by atoms with Gasteiger partial charge in [-0.05, 0) is 30.7 Å². The molecular weight excluding hydrogens is 369 g/mol. The fraction of sp³-hybridized carbons (Fsp3) is 0.167. The van der Waals surface area contributed by atoms with E-state index >= 15 is 0 Å². The molecule has 144 valence electrons. The van der Waals surface area contributed by atoms with Crippen LogP contribution in [0.3, 0.4) is 0 Å². The number of allylic oxidation sites excluding steroid dienone is 1. The van der Waals surface area contributed by atoms with Gasteiger partial charge in [0.1, 0.15) is 5.82 Å². The van der Waals surface area contributed by atoms with Crippen molar-refractivity contribution in [1.29, 1.82) is 0 Å². The Kier molecular flexibility index (Phi) is 4.78. The van der Waals surface area contributed by atoms with Crippen molar-refractivity contribution in [1.82, 2.24) is 24.1 Å². The normalized spacial score (nSPS) is 11.3. The first-order chi connectivity index (χ1) is 13.2. The molecule has 0 aliphatic heterocycles. The van der Waals surface area contributed by atoms with Crippen LogP contribution >= 0.6 is 0 Å². The van der Waals surface area contributed by atoms with Crippen LogP contribution in [0.25, 0.3) is 23.0 Å². The maximum absolute atomic E-state index is 14.0. The largest absolute Gasteiger partial charge is 0.351 e. The van der Waals surface area contributed by atoms with E-state index in [1.165, 1.54) is 26.2 Å². The maximum Gasteiger partial charge on any atom is 0.351 e. The maximum atomic E-state index is 14.0. The van der Waals surface area contributed by atoms with Crippen molar-refractivity contribution >= 4 is 6.08 Å². The fourth-order valence-electron chi connectivity index (χ4n) is 2.71. The Labute approximate surface area is 156 Å². The van der Waals surface area contributed by atoms with E-state index in [1.54, 1.807) is 19.1 Å². The highest BCUT2D eigenvalue weighted by atomic mass is 19.1. The molecule has 0 amide bonds. The molecule has 0 unspecified atom stereocenters. The number of aromatic amines is 1. The summed E-state index contributed by atoms with van der Waals surface area (Å²) in [5, 5.41) is 6.36. The lowest BCUT2D eigenvalue weighted by molar-refractivity contribution is 0.615. The number of hydrogen-bond acceptors (Lipinski definition) is 5. The van der Waals surface area contributed by atoms with E-state index in [2.05, 4.69) is 10.2 Å². The second kappa shape index (κ2) is 7.06. The van der Waals surface area contributed by atoms with Gasteiger partial charge in [0.15, 0.2) is 5.69 Å². The standard InChI is InChI=1S/C18H16FN5O4/c1-4-5-10-6-11(19)8-12(7-10)24-16(26)14(21-23(3)18(24)28)13-9-20-22(2)17(27)15(13)25/h4-9,20H,1-3H3. The van der Waals surface area contributed by atoms with Gasteiger partial charge in [0.25, 0.3) is 11.0 Å². The predicted molar refractivity (Wildman–Crippen MR) is 101 cm³/mol. The molecule has 0 saturated heterocycles. The first-order valence-corrected chi connectivity index (χ1v) is 8.17. The monoisotopic (exact) mass is 385 g/mol. The Morgan fingerprint density at radius 2 is 1.79 bits per heavy atom. The number of benzene rings is 1. The van der Waals surface area contributed by atoms with Gasteiger partial charge < -0.3 is 5.10 Å². The summed E-state index contributed by atoms with van der Waals surface area (Å²) in [5.41, 5.74) is -3.89. The van der Waals surface area contributed by atoms with Crippen LogP contribution in [0, 0.1) is 5.82 Å². The summed E-state index contributed by atoms with van der Waals surface area (Å²) in [4.78, 5) is 49.7. The van der Waals surface area contributed by atoms with E-state index in [4.69, 9.17) is 0 Å². The van der Waals surface area contributed by atoms with Gasteiger partial charge in [0.05, 0.1) is 11.3 Å². The molecule has 0 aliphatic rings. The zero-order chi connectivity index (χ0) is 20.6. The minimum Gasteiger partial charge on any atom is -0.302 e. The molecule has 1 N–H and O–H groups in total. The predicted octanol–water partition coefficient (Wildman–Crippen LogP) is 0.157. The lowest BCUT2D eigenvalue weighted by Gasteiger charge is -2.10. The number of H-pyrrole nitrogens is 1. The average Bonchev–Trinajstić information content (AvgIpc) is 2.63. The zero-order valence-corrected chi connectivity index (χ0v) is 15.3. The second-order valence-corrected chi connectivity index (χ2v) is 6.02. The van der Waals surface area contributed by atoms with Crippen LogP contribution in [0.5, 0.6) is 0 Å². The fourth-order valence-corrected chi connectivity index (χ4v) is 2.71. The van der Waals surface area contributed by atoms with Crippen molar-refractivity contribution in [2.24, 2.45) is 14.1 Å². The van der Waals surface area contributed by atoms with Crippen molar-refractivity contribution in [3.8, 4) is 16.9 Å². The summed E-state index contributed by atoms with van der Waals surface area (Å²) >= 11 is 0. The van der Waals surface area contributed by atoms with Crippen LogP contribution in [-0.2, 0) is 14.1 Å². The molecule has 1 aromatic carbocycles. The highest BCUT2D eigenvalue weighted by molar-refractivity contribution is 5.57. The molecule has 9 nitrogen and oxygen atoms in total. The Morgan fingerprint density at radius 3 is 2.46 bits per heavy atom.